The van der Waals surface area contributed by atoms with Crippen molar-refractivity contribution in [3.63, 3.8) is 0 Å². The second-order valence-electron chi connectivity index (χ2n) is 10.2. The minimum Gasteiger partial charge on any atom is -0.330 e. The summed E-state index contributed by atoms with van der Waals surface area (Å²) in [4.78, 5) is 41.8. The molecule has 2 aromatic carbocycles. The van der Waals surface area contributed by atoms with Crippen LogP contribution in [0.15, 0.2) is 54.6 Å². The van der Waals surface area contributed by atoms with Gasteiger partial charge in [-0.15, -0.1) is 0 Å². The Morgan fingerprint density at radius 2 is 1.74 bits per heavy atom. The molecule has 1 aliphatic heterocycles. The van der Waals surface area contributed by atoms with Gasteiger partial charge in [-0.3, -0.25) is 14.7 Å². The van der Waals surface area contributed by atoms with Crippen molar-refractivity contribution in [3.8, 4) is 0 Å². The van der Waals surface area contributed by atoms with Crippen LogP contribution in [0.3, 0.4) is 0 Å². The van der Waals surface area contributed by atoms with Crippen molar-refractivity contribution in [2.45, 2.75) is 45.3 Å². The van der Waals surface area contributed by atoms with Crippen LogP contribution in [0, 0.1) is 0 Å². The molecule has 1 aliphatic rings. The normalized spacial score (nSPS) is 14.6. The van der Waals surface area contributed by atoms with E-state index in [1.54, 1.807) is 36.1 Å². The van der Waals surface area contributed by atoms with Gasteiger partial charge in [-0.1, -0.05) is 37.3 Å². The minimum absolute atomic E-state index is 0.0951. The molecule has 200 valence electrons. The number of benzene rings is 2. The average Bonchev–Trinajstić information content (AvgIpc) is 3.41. The Hall–Kier alpha value is -4.18. The summed E-state index contributed by atoms with van der Waals surface area (Å²) in [7, 11) is 3.95. The highest BCUT2D eigenvalue weighted by atomic mass is 16.2. The average molecular weight is 518 g/mol. The Morgan fingerprint density at radius 3 is 2.37 bits per heavy atom. The van der Waals surface area contributed by atoms with Crippen LogP contribution in [-0.4, -0.2) is 58.5 Å². The zero-order chi connectivity index (χ0) is 27.4. The zero-order valence-electron chi connectivity index (χ0n) is 22.5. The minimum atomic E-state index is -0.659. The molecule has 3 aromatic rings. The fourth-order valence-electron chi connectivity index (χ4n) is 4.59. The third-order valence-electron chi connectivity index (χ3n) is 6.75. The molecule has 0 spiro atoms. The summed E-state index contributed by atoms with van der Waals surface area (Å²) < 4.78 is 0. The lowest BCUT2D eigenvalue weighted by atomic mass is 10.0. The Balaban J connectivity index is 1.47. The number of rotatable bonds is 8. The highest BCUT2D eigenvalue weighted by molar-refractivity contribution is 6.04. The Bertz CT molecular complexity index is 1300. The van der Waals surface area contributed by atoms with E-state index in [0.29, 0.717) is 36.6 Å². The molecule has 10 nitrogen and oxygen atoms in total. The second-order valence-corrected chi connectivity index (χ2v) is 10.2. The molecule has 1 aromatic heterocycles. The van der Waals surface area contributed by atoms with E-state index in [1.807, 2.05) is 63.2 Å². The maximum Gasteiger partial charge on any atom is 0.319 e. The van der Waals surface area contributed by atoms with Crippen LogP contribution in [-0.2, 0) is 16.9 Å². The number of aromatic amines is 1. The molecular weight excluding hydrogens is 482 g/mol. The van der Waals surface area contributed by atoms with Crippen LogP contribution in [0.2, 0.25) is 0 Å². The molecule has 2 heterocycles. The lowest BCUT2D eigenvalue weighted by Gasteiger charge is -2.34. The lowest BCUT2D eigenvalue weighted by molar-refractivity contribution is -0.115. The highest BCUT2D eigenvalue weighted by Crippen LogP contribution is 2.40. The predicted molar refractivity (Wildman–Crippen MR) is 147 cm³/mol. The van der Waals surface area contributed by atoms with Gasteiger partial charge >= 0.3 is 6.03 Å². The highest BCUT2D eigenvalue weighted by Gasteiger charge is 2.44. The number of likely N-dealkylation sites (N-methyl/N-ethyl adjacent to an activating group) is 1. The van der Waals surface area contributed by atoms with Crippen molar-refractivity contribution in [2.75, 3.05) is 31.3 Å². The van der Waals surface area contributed by atoms with Gasteiger partial charge < -0.3 is 25.8 Å². The van der Waals surface area contributed by atoms with Crippen molar-refractivity contribution in [2.24, 2.45) is 0 Å². The van der Waals surface area contributed by atoms with Crippen molar-refractivity contribution < 1.29 is 14.4 Å². The number of nitrogens with zero attached hydrogens (tertiary/aromatic N) is 3. The summed E-state index contributed by atoms with van der Waals surface area (Å²) in [5, 5.41) is 16.2. The summed E-state index contributed by atoms with van der Waals surface area (Å²) in [6.45, 7) is 6.63. The van der Waals surface area contributed by atoms with Crippen LogP contribution < -0.4 is 16.0 Å². The number of carbonyl (C=O) groups excluding carboxylic acids is 3. The number of H-pyrrole nitrogens is 1. The third kappa shape index (κ3) is 5.70. The van der Waals surface area contributed by atoms with Crippen LogP contribution in [0.5, 0.6) is 0 Å². The van der Waals surface area contributed by atoms with Gasteiger partial charge in [-0.25, -0.2) is 4.79 Å². The molecular formula is C28H35N7O3. The van der Waals surface area contributed by atoms with Gasteiger partial charge in [-0.05, 0) is 57.8 Å². The van der Waals surface area contributed by atoms with Gasteiger partial charge in [0.2, 0.25) is 5.91 Å². The lowest BCUT2D eigenvalue weighted by Crippen LogP contribution is -2.48. The van der Waals surface area contributed by atoms with Crippen molar-refractivity contribution >= 4 is 29.4 Å². The molecule has 10 heteroatoms. The predicted octanol–water partition coefficient (Wildman–Crippen LogP) is 4.07. The van der Waals surface area contributed by atoms with E-state index >= 15 is 0 Å². The van der Waals surface area contributed by atoms with Crippen molar-refractivity contribution in [1.82, 2.24) is 25.3 Å². The zero-order valence-corrected chi connectivity index (χ0v) is 22.5. The van der Waals surface area contributed by atoms with Gasteiger partial charge in [0.05, 0.1) is 23.8 Å². The summed E-state index contributed by atoms with van der Waals surface area (Å²) in [5.41, 5.74) is 2.98. The van der Waals surface area contributed by atoms with Crippen molar-refractivity contribution in [1.29, 1.82) is 0 Å². The molecule has 0 bridgehead atoms. The molecule has 0 radical (unpaired) electrons. The monoisotopic (exact) mass is 517 g/mol. The van der Waals surface area contributed by atoms with E-state index in [1.165, 1.54) is 0 Å². The molecule has 4 amide bonds. The largest absolute Gasteiger partial charge is 0.330 e. The first-order chi connectivity index (χ1) is 18.1. The second kappa shape index (κ2) is 11.1. The van der Waals surface area contributed by atoms with E-state index in [-0.39, 0.29) is 23.9 Å². The van der Waals surface area contributed by atoms with Crippen molar-refractivity contribution in [3.05, 3.63) is 77.0 Å². The summed E-state index contributed by atoms with van der Waals surface area (Å²) in [5.74, 6) is -0.0320. The molecule has 38 heavy (non-hydrogen) atoms. The van der Waals surface area contributed by atoms with Gasteiger partial charge in [0.15, 0.2) is 5.82 Å². The number of hydrogen-bond donors (Lipinski definition) is 4. The molecule has 1 unspecified atom stereocenters. The van der Waals surface area contributed by atoms with E-state index in [9.17, 15) is 14.4 Å². The molecule has 0 saturated carbocycles. The summed E-state index contributed by atoms with van der Waals surface area (Å²) in [6.07, 6.45) is 0.375. The molecule has 4 rings (SSSR count). The first kappa shape index (κ1) is 26.9. The first-order valence-corrected chi connectivity index (χ1v) is 12.7. The number of carbonyl (C=O) groups is 3. The maximum atomic E-state index is 13.5. The van der Waals surface area contributed by atoms with Gasteiger partial charge in [-0.2, -0.15) is 5.10 Å². The third-order valence-corrected chi connectivity index (χ3v) is 6.75. The molecule has 0 saturated heterocycles. The number of anilines is 2. The Kier molecular flexibility index (Phi) is 7.82. The molecule has 4 N–H and O–H groups in total. The summed E-state index contributed by atoms with van der Waals surface area (Å²) >= 11 is 0. The molecule has 0 fully saturated rings. The Labute approximate surface area is 222 Å². The smallest absolute Gasteiger partial charge is 0.319 e. The fourth-order valence-corrected chi connectivity index (χ4v) is 4.59. The van der Waals surface area contributed by atoms with Crippen LogP contribution in [0.4, 0.5) is 16.3 Å². The number of aromatic nitrogens is 2. The van der Waals surface area contributed by atoms with E-state index < -0.39 is 5.54 Å². The number of fused-ring (bicyclic) bond motifs is 1. The SMILES string of the molecule is CCC(=O)Nc1ccc(C(=O)Nc2n[nH]c3c2CN(C(=O)NC(CN(C)C)c2ccccc2)C3(C)C)cc1. The van der Waals surface area contributed by atoms with E-state index in [4.69, 9.17) is 0 Å². The van der Waals surface area contributed by atoms with Gasteiger partial charge in [0, 0.05) is 29.8 Å². The first-order valence-electron chi connectivity index (χ1n) is 12.7. The topological polar surface area (TPSA) is 122 Å². The molecule has 0 aliphatic carbocycles. The number of nitrogens with one attached hydrogen (secondary N) is 4. The standard InChI is InChI=1S/C28H35N7O3/c1-6-23(36)29-20-14-12-19(13-15-20)26(37)31-25-21-16-35(28(2,3)24(21)32-33-25)27(38)30-22(17-34(4)5)18-10-8-7-9-11-18/h7-15,22H,6,16-17H2,1-5H3,(H,29,36)(H,30,38)(H2,31,32,33,37). The fraction of sp³-hybridized carbons (Fsp3) is 0.357. The maximum absolute atomic E-state index is 13.5. The number of hydrogen-bond acceptors (Lipinski definition) is 5. The number of urea groups is 1. The molecule has 1 atom stereocenters. The van der Waals surface area contributed by atoms with Gasteiger partial charge in [0.25, 0.3) is 5.91 Å². The van der Waals surface area contributed by atoms with Crippen LogP contribution >= 0.6 is 0 Å². The number of amides is 4. The van der Waals surface area contributed by atoms with E-state index in [0.717, 1.165) is 16.8 Å². The van der Waals surface area contributed by atoms with E-state index in [2.05, 4.69) is 26.1 Å². The Morgan fingerprint density at radius 1 is 1.05 bits per heavy atom. The van der Waals surface area contributed by atoms with Crippen LogP contribution in [0.25, 0.3) is 0 Å². The summed E-state index contributed by atoms with van der Waals surface area (Å²) in [6, 6.07) is 16.2. The van der Waals surface area contributed by atoms with Gasteiger partial charge in [0.1, 0.15) is 0 Å². The quantitative estimate of drug-likeness (QED) is 0.359. The van der Waals surface area contributed by atoms with Crippen LogP contribution in [0.1, 0.15) is 60.4 Å².